The molecule has 0 fully saturated rings. The lowest BCUT2D eigenvalue weighted by Gasteiger charge is -2.22. The predicted molar refractivity (Wildman–Crippen MR) is 61.1 cm³/mol. The van der Waals surface area contributed by atoms with E-state index in [0.29, 0.717) is 19.6 Å². The van der Waals surface area contributed by atoms with E-state index in [0.717, 1.165) is 0 Å². The van der Waals surface area contributed by atoms with Crippen molar-refractivity contribution >= 4 is 5.97 Å². The minimum atomic E-state index is -0.288. The van der Waals surface area contributed by atoms with Gasteiger partial charge in [-0.2, -0.15) is 0 Å². The SMILES string of the molecule is COC(CN)CC(=O)OCCC(C)(C)OC. The molecule has 0 aliphatic carbocycles. The molecule has 0 saturated carbocycles. The van der Waals surface area contributed by atoms with E-state index in [1.807, 2.05) is 13.8 Å². The molecule has 0 rings (SSSR count). The predicted octanol–water partition coefficient (Wildman–Crippen LogP) is 0.709. The number of carbonyl (C=O) groups is 1. The third kappa shape index (κ3) is 6.76. The molecule has 16 heavy (non-hydrogen) atoms. The molecule has 96 valence electrons. The average molecular weight is 233 g/mol. The lowest BCUT2D eigenvalue weighted by molar-refractivity contribution is -0.147. The molecule has 0 aromatic heterocycles. The van der Waals surface area contributed by atoms with Gasteiger partial charge < -0.3 is 19.9 Å². The summed E-state index contributed by atoms with van der Waals surface area (Å²) in [5.74, 6) is -0.288. The first-order valence-electron chi connectivity index (χ1n) is 5.39. The fraction of sp³-hybridized carbons (Fsp3) is 0.909. The number of rotatable bonds is 8. The number of carbonyl (C=O) groups excluding carboxylic acids is 1. The number of hydrogen-bond acceptors (Lipinski definition) is 5. The molecule has 0 amide bonds. The van der Waals surface area contributed by atoms with E-state index < -0.39 is 0 Å². The van der Waals surface area contributed by atoms with E-state index in [-0.39, 0.29) is 24.1 Å². The van der Waals surface area contributed by atoms with Gasteiger partial charge in [0.25, 0.3) is 0 Å². The van der Waals surface area contributed by atoms with Gasteiger partial charge >= 0.3 is 5.97 Å². The monoisotopic (exact) mass is 233 g/mol. The van der Waals surface area contributed by atoms with E-state index in [2.05, 4.69) is 0 Å². The Morgan fingerprint density at radius 1 is 1.38 bits per heavy atom. The molecule has 0 radical (unpaired) electrons. The quantitative estimate of drug-likeness (QED) is 0.625. The Morgan fingerprint density at radius 2 is 2.00 bits per heavy atom. The molecule has 0 heterocycles. The van der Waals surface area contributed by atoms with E-state index in [9.17, 15) is 4.79 Å². The summed E-state index contributed by atoms with van der Waals surface area (Å²) in [4.78, 5) is 11.3. The van der Waals surface area contributed by atoms with Crippen LogP contribution in [0.25, 0.3) is 0 Å². The van der Waals surface area contributed by atoms with E-state index in [1.165, 1.54) is 7.11 Å². The molecule has 0 saturated heterocycles. The van der Waals surface area contributed by atoms with Crippen molar-refractivity contribution in [2.75, 3.05) is 27.4 Å². The minimum absolute atomic E-state index is 0.195. The maximum Gasteiger partial charge on any atom is 0.308 e. The van der Waals surface area contributed by atoms with Crippen molar-refractivity contribution in [1.82, 2.24) is 0 Å². The summed E-state index contributed by atoms with van der Waals surface area (Å²) in [6.45, 7) is 4.55. The highest BCUT2D eigenvalue weighted by Crippen LogP contribution is 2.12. The fourth-order valence-corrected chi connectivity index (χ4v) is 1.02. The molecular weight excluding hydrogens is 210 g/mol. The molecule has 0 spiro atoms. The summed E-state index contributed by atoms with van der Waals surface area (Å²) in [6.07, 6.45) is 0.596. The van der Waals surface area contributed by atoms with Crippen molar-refractivity contribution in [3.63, 3.8) is 0 Å². The topological polar surface area (TPSA) is 70.8 Å². The minimum Gasteiger partial charge on any atom is -0.465 e. The Kier molecular flexibility index (Phi) is 7.29. The number of hydrogen-bond donors (Lipinski definition) is 1. The molecule has 5 nitrogen and oxygen atoms in total. The van der Waals surface area contributed by atoms with Gasteiger partial charge in [-0.25, -0.2) is 0 Å². The number of methoxy groups -OCH3 is 2. The van der Waals surface area contributed by atoms with E-state index in [1.54, 1.807) is 7.11 Å². The van der Waals surface area contributed by atoms with Crippen LogP contribution in [0.1, 0.15) is 26.7 Å². The smallest absolute Gasteiger partial charge is 0.308 e. The summed E-state index contributed by atoms with van der Waals surface area (Å²) < 4.78 is 15.3. The fourth-order valence-electron chi connectivity index (χ4n) is 1.02. The van der Waals surface area contributed by atoms with Gasteiger partial charge in [0.05, 0.1) is 24.7 Å². The second-order valence-corrected chi connectivity index (χ2v) is 4.23. The van der Waals surface area contributed by atoms with Crippen LogP contribution in [-0.2, 0) is 19.0 Å². The highest BCUT2D eigenvalue weighted by molar-refractivity contribution is 5.69. The summed E-state index contributed by atoms with van der Waals surface area (Å²) >= 11 is 0. The van der Waals surface area contributed by atoms with Crippen LogP contribution in [0.2, 0.25) is 0 Å². The number of esters is 1. The zero-order chi connectivity index (χ0) is 12.6. The lowest BCUT2D eigenvalue weighted by atomic mass is 10.1. The third-order valence-electron chi connectivity index (χ3n) is 2.51. The lowest BCUT2D eigenvalue weighted by Crippen LogP contribution is -2.28. The van der Waals surface area contributed by atoms with Gasteiger partial charge in [0.15, 0.2) is 0 Å². The molecule has 0 aromatic carbocycles. The third-order valence-corrected chi connectivity index (χ3v) is 2.51. The Bertz CT molecular complexity index is 202. The van der Waals surface area contributed by atoms with Gasteiger partial charge in [0.1, 0.15) is 0 Å². The van der Waals surface area contributed by atoms with Crippen molar-refractivity contribution in [3.05, 3.63) is 0 Å². The molecule has 0 aromatic rings. The first-order chi connectivity index (χ1) is 7.45. The molecule has 2 N–H and O–H groups in total. The van der Waals surface area contributed by atoms with Crippen LogP contribution < -0.4 is 5.73 Å². The highest BCUT2D eigenvalue weighted by atomic mass is 16.5. The molecule has 5 heteroatoms. The van der Waals surface area contributed by atoms with Crippen molar-refractivity contribution in [1.29, 1.82) is 0 Å². The van der Waals surface area contributed by atoms with Crippen LogP contribution in [-0.4, -0.2) is 45.0 Å². The van der Waals surface area contributed by atoms with Crippen LogP contribution in [0.5, 0.6) is 0 Å². The Labute approximate surface area is 97.2 Å². The zero-order valence-electron chi connectivity index (χ0n) is 10.6. The maximum absolute atomic E-state index is 11.3. The summed E-state index contributed by atoms with van der Waals surface area (Å²) in [5.41, 5.74) is 5.13. The second-order valence-electron chi connectivity index (χ2n) is 4.23. The van der Waals surface area contributed by atoms with Gasteiger partial charge in [0, 0.05) is 27.2 Å². The van der Waals surface area contributed by atoms with Crippen molar-refractivity contribution in [2.24, 2.45) is 5.73 Å². The maximum atomic E-state index is 11.3. The molecular formula is C11H23NO4. The van der Waals surface area contributed by atoms with Crippen LogP contribution in [0.4, 0.5) is 0 Å². The highest BCUT2D eigenvalue weighted by Gasteiger charge is 2.18. The van der Waals surface area contributed by atoms with Crippen molar-refractivity contribution in [2.45, 2.75) is 38.4 Å². The van der Waals surface area contributed by atoms with E-state index in [4.69, 9.17) is 19.9 Å². The normalized spacial score (nSPS) is 13.6. The van der Waals surface area contributed by atoms with Crippen molar-refractivity contribution in [3.8, 4) is 0 Å². The Hall–Kier alpha value is -0.650. The summed E-state index contributed by atoms with van der Waals surface area (Å²) in [6, 6.07) is 0. The first-order valence-corrected chi connectivity index (χ1v) is 5.39. The van der Waals surface area contributed by atoms with Gasteiger partial charge in [-0.3, -0.25) is 4.79 Å². The van der Waals surface area contributed by atoms with Gasteiger partial charge in [-0.05, 0) is 13.8 Å². The van der Waals surface area contributed by atoms with Crippen LogP contribution in [0.3, 0.4) is 0 Å². The van der Waals surface area contributed by atoms with Gasteiger partial charge in [-0.15, -0.1) is 0 Å². The molecule has 1 unspecified atom stereocenters. The van der Waals surface area contributed by atoms with Crippen LogP contribution in [0, 0.1) is 0 Å². The molecule has 1 atom stereocenters. The number of ether oxygens (including phenoxy) is 3. The average Bonchev–Trinajstić information content (AvgIpc) is 2.25. The van der Waals surface area contributed by atoms with Crippen LogP contribution >= 0.6 is 0 Å². The van der Waals surface area contributed by atoms with Crippen LogP contribution in [0.15, 0.2) is 0 Å². The van der Waals surface area contributed by atoms with Gasteiger partial charge in [0.2, 0.25) is 0 Å². The Morgan fingerprint density at radius 3 is 2.44 bits per heavy atom. The molecule has 0 bridgehead atoms. The van der Waals surface area contributed by atoms with Crippen molar-refractivity contribution < 1.29 is 19.0 Å². The molecule has 0 aliphatic heterocycles. The summed E-state index contributed by atoms with van der Waals surface area (Å²) in [7, 11) is 3.16. The standard InChI is InChI=1S/C11H23NO4/c1-11(2,15-4)5-6-16-10(13)7-9(8-12)14-3/h9H,5-8,12H2,1-4H3. The largest absolute Gasteiger partial charge is 0.465 e. The van der Waals surface area contributed by atoms with E-state index >= 15 is 0 Å². The van der Waals surface area contributed by atoms with Gasteiger partial charge in [-0.1, -0.05) is 0 Å². The summed E-state index contributed by atoms with van der Waals surface area (Å²) in [5, 5.41) is 0. The number of nitrogens with two attached hydrogens (primary N) is 1. The first kappa shape index (κ1) is 15.3. The molecule has 0 aliphatic rings. The Balaban J connectivity index is 3.74. The zero-order valence-corrected chi connectivity index (χ0v) is 10.6. The second kappa shape index (κ2) is 7.60.